The van der Waals surface area contributed by atoms with E-state index < -0.39 is 5.97 Å². The number of hydrogen-bond donors (Lipinski definition) is 1. The van der Waals surface area contributed by atoms with E-state index in [0.29, 0.717) is 24.6 Å². The third kappa shape index (κ3) is 3.89. The number of nitrogens with zero attached hydrogens (tertiary/aromatic N) is 2. The van der Waals surface area contributed by atoms with Gasteiger partial charge in [0, 0.05) is 22.9 Å². The lowest BCUT2D eigenvalue weighted by atomic mass is 10.2. The molecule has 19 heavy (non-hydrogen) atoms. The van der Waals surface area contributed by atoms with Gasteiger partial charge in [-0.1, -0.05) is 33.2 Å². The van der Waals surface area contributed by atoms with Crippen LogP contribution in [0.4, 0.5) is 0 Å². The number of carboxylic acid groups (broad SMARTS) is 1. The van der Waals surface area contributed by atoms with Crippen molar-refractivity contribution < 1.29 is 14.4 Å². The monoisotopic (exact) mass is 324 g/mol. The van der Waals surface area contributed by atoms with Crippen LogP contribution in [0.1, 0.15) is 25.2 Å². The first kappa shape index (κ1) is 13.7. The maximum Gasteiger partial charge on any atom is 0.303 e. The fourth-order valence-electron chi connectivity index (χ4n) is 1.66. The number of carbonyl (C=O) groups is 1. The number of aryl methyl sites for hydroxylation is 1. The molecule has 0 atom stereocenters. The number of carboxylic acids is 1. The lowest BCUT2D eigenvalue weighted by Gasteiger charge is -1.96. The Bertz CT molecular complexity index is 569. The van der Waals surface area contributed by atoms with Gasteiger partial charge in [0.2, 0.25) is 11.7 Å². The maximum atomic E-state index is 10.4. The highest BCUT2D eigenvalue weighted by Crippen LogP contribution is 2.25. The van der Waals surface area contributed by atoms with E-state index in [9.17, 15) is 4.79 Å². The topological polar surface area (TPSA) is 76.2 Å². The Morgan fingerprint density at radius 2 is 2.11 bits per heavy atom. The summed E-state index contributed by atoms with van der Waals surface area (Å²) in [6, 6.07) is 7.64. The van der Waals surface area contributed by atoms with E-state index in [0.717, 1.165) is 16.5 Å². The molecule has 0 spiro atoms. The van der Waals surface area contributed by atoms with Crippen molar-refractivity contribution in [2.45, 2.75) is 25.7 Å². The van der Waals surface area contributed by atoms with Crippen molar-refractivity contribution >= 4 is 21.9 Å². The average molecular weight is 325 g/mol. The lowest BCUT2D eigenvalue weighted by molar-refractivity contribution is -0.137. The summed E-state index contributed by atoms with van der Waals surface area (Å²) in [4.78, 5) is 14.7. The van der Waals surface area contributed by atoms with Gasteiger partial charge in [0.1, 0.15) is 0 Å². The van der Waals surface area contributed by atoms with E-state index in [1.807, 2.05) is 24.3 Å². The van der Waals surface area contributed by atoms with Crippen molar-refractivity contribution in [3.05, 3.63) is 34.6 Å². The van der Waals surface area contributed by atoms with E-state index in [1.165, 1.54) is 0 Å². The van der Waals surface area contributed by atoms with Crippen LogP contribution in [0.3, 0.4) is 0 Å². The predicted octanol–water partition coefficient (Wildman–Crippen LogP) is 3.30. The first-order chi connectivity index (χ1) is 9.16. The van der Waals surface area contributed by atoms with E-state index in [4.69, 9.17) is 9.63 Å². The Morgan fingerprint density at radius 1 is 1.32 bits per heavy atom. The molecule has 1 heterocycles. The fourth-order valence-corrected chi connectivity index (χ4v) is 2.12. The minimum absolute atomic E-state index is 0.172. The molecule has 2 rings (SSSR count). The van der Waals surface area contributed by atoms with Gasteiger partial charge in [-0.25, -0.2) is 0 Å². The van der Waals surface area contributed by atoms with Crippen LogP contribution in [0, 0.1) is 0 Å². The largest absolute Gasteiger partial charge is 0.481 e. The molecule has 2 aromatic rings. The molecule has 0 aliphatic carbocycles. The van der Waals surface area contributed by atoms with Gasteiger partial charge in [0.15, 0.2) is 0 Å². The first-order valence-corrected chi connectivity index (χ1v) is 6.75. The minimum atomic E-state index is -0.778. The molecule has 0 saturated carbocycles. The Hall–Kier alpha value is -1.69. The van der Waals surface area contributed by atoms with Crippen LogP contribution in [-0.2, 0) is 11.2 Å². The highest BCUT2D eigenvalue weighted by molar-refractivity contribution is 9.10. The maximum absolute atomic E-state index is 10.4. The second kappa shape index (κ2) is 6.47. The van der Waals surface area contributed by atoms with E-state index >= 15 is 0 Å². The molecule has 0 fully saturated rings. The van der Waals surface area contributed by atoms with Gasteiger partial charge in [-0.2, -0.15) is 4.98 Å². The minimum Gasteiger partial charge on any atom is -0.481 e. The smallest absolute Gasteiger partial charge is 0.303 e. The summed E-state index contributed by atoms with van der Waals surface area (Å²) >= 11 is 3.44. The van der Waals surface area contributed by atoms with Gasteiger partial charge >= 0.3 is 5.97 Å². The third-order valence-corrected chi connectivity index (χ3v) is 3.31. The molecular formula is C13H13BrN2O3. The molecule has 0 radical (unpaired) electrons. The van der Waals surface area contributed by atoms with Crippen molar-refractivity contribution in [1.82, 2.24) is 10.1 Å². The zero-order chi connectivity index (χ0) is 13.7. The van der Waals surface area contributed by atoms with Gasteiger partial charge in [-0.05, 0) is 25.0 Å². The van der Waals surface area contributed by atoms with Crippen LogP contribution in [0.5, 0.6) is 0 Å². The molecule has 0 saturated heterocycles. The van der Waals surface area contributed by atoms with Crippen molar-refractivity contribution in [2.24, 2.45) is 0 Å². The number of rotatable bonds is 6. The molecule has 6 heteroatoms. The molecule has 0 aliphatic rings. The van der Waals surface area contributed by atoms with Gasteiger partial charge in [-0.15, -0.1) is 0 Å². The molecule has 1 aromatic heterocycles. The summed E-state index contributed by atoms with van der Waals surface area (Å²) in [5.74, 6) is 0.302. The molecule has 1 aromatic carbocycles. The molecule has 0 amide bonds. The number of aromatic nitrogens is 2. The Morgan fingerprint density at radius 3 is 2.84 bits per heavy atom. The second-order valence-electron chi connectivity index (χ2n) is 4.09. The SMILES string of the molecule is O=C(O)CCCCc1nc(-c2ccccc2Br)no1. The van der Waals surface area contributed by atoms with Crippen molar-refractivity contribution in [3.8, 4) is 11.4 Å². The number of benzene rings is 1. The lowest BCUT2D eigenvalue weighted by Crippen LogP contribution is -1.95. The molecule has 100 valence electrons. The zero-order valence-corrected chi connectivity index (χ0v) is 11.8. The summed E-state index contributed by atoms with van der Waals surface area (Å²) in [6.45, 7) is 0. The summed E-state index contributed by atoms with van der Waals surface area (Å²) in [5, 5.41) is 12.5. The van der Waals surface area contributed by atoms with Crippen LogP contribution >= 0.6 is 15.9 Å². The van der Waals surface area contributed by atoms with Crippen LogP contribution in [-0.4, -0.2) is 21.2 Å². The van der Waals surface area contributed by atoms with E-state index in [1.54, 1.807) is 0 Å². The van der Waals surface area contributed by atoms with Crippen molar-refractivity contribution in [3.63, 3.8) is 0 Å². The summed E-state index contributed by atoms with van der Waals surface area (Å²) < 4.78 is 6.06. The highest BCUT2D eigenvalue weighted by atomic mass is 79.9. The normalized spacial score (nSPS) is 10.6. The number of aliphatic carboxylic acids is 1. The third-order valence-electron chi connectivity index (χ3n) is 2.61. The Balaban J connectivity index is 1.96. The van der Waals surface area contributed by atoms with E-state index in [-0.39, 0.29) is 6.42 Å². The number of hydrogen-bond acceptors (Lipinski definition) is 4. The molecule has 0 unspecified atom stereocenters. The van der Waals surface area contributed by atoms with Crippen LogP contribution in [0.25, 0.3) is 11.4 Å². The van der Waals surface area contributed by atoms with Crippen LogP contribution in [0.2, 0.25) is 0 Å². The van der Waals surface area contributed by atoms with Gasteiger partial charge < -0.3 is 9.63 Å². The van der Waals surface area contributed by atoms with Gasteiger partial charge in [-0.3, -0.25) is 4.79 Å². The van der Waals surface area contributed by atoms with E-state index in [2.05, 4.69) is 26.1 Å². The summed E-state index contributed by atoms with van der Waals surface area (Å²) in [5.41, 5.74) is 0.878. The van der Waals surface area contributed by atoms with Crippen molar-refractivity contribution in [1.29, 1.82) is 0 Å². The molecular weight excluding hydrogens is 312 g/mol. The fraction of sp³-hybridized carbons (Fsp3) is 0.308. The molecule has 1 N–H and O–H groups in total. The Kier molecular flexibility index (Phi) is 4.68. The number of unbranched alkanes of at least 4 members (excludes halogenated alkanes) is 1. The predicted molar refractivity (Wildman–Crippen MR) is 72.6 cm³/mol. The summed E-state index contributed by atoms with van der Waals surface area (Å²) in [7, 11) is 0. The molecule has 0 bridgehead atoms. The van der Waals surface area contributed by atoms with Gasteiger partial charge in [0.25, 0.3) is 0 Å². The van der Waals surface area contributed by atoms with Crippen molar-refractivity contribution in [2.75, 3.05) is 0 Å². The average Bonchev–Trinajstić information content (AvgIpc) is 2.83. The number of halogens is 1. The Labute approximate surface area is 118 Å². The molecule has 5 nitrogen and oxygen atoms in total. The van der Waals surface area contributed by atoms with Crippen LogP contribution < -0.4 is 0 Å². The second-order valence-corrected chi connectivity index (χ2v) is 4.95. The zero-order valence-electron chi connectivity index (χ0n) is 10.2. The van der Waals surface area contributed by atoms with Crippen LogP contribution in [0.15, 0.2) is 33.3 Å². The standard InChI is InChI=1S/C13H13BrN2O3/c14-10-6-2-1-5-9(10)13-15-11(19-16-13)7-3-4-8-12(17)18/h1-2,5-6H,3-4,7-8H2,(H,17,18). The first-order valence-electron chi connectivity index (χ1n) is 5.96. The quantitative estimate of drug-likeness (QED) is 0.825. The summed E-state index contributed by atoms with van der Waals surface area (Å²) in [6.07, 6.45) is 2.11. The highest BCUT2D eigenvalue weighted by Gasteiger charge is 2.10. The molecule has 0 aliphatic heterocycles. The van der Waals surface area contributed by atoms with Gasteiger partial charge in [0.05, 0.1) is 0 Å².